The highest BCUT2D eigenvalue weighted by Gasteiger charge is 2.21. The smallest absolute Gasteiger partial charge is 0.291 e. The van der Waals surface area contributed by atoms with Gasteiger partial charge in [-0.1, -0.05) is 48.5 Å². The Morgan fingerprint density at radius 2 is 1.58 bits per heavy atom. The molecule has 0 unspecified atom stereocenters. The van der Waals surface area contributed by atoms with Crippen LogP contribution < -0.4 is 5.32 Å². The van der Waals surface area contributed by atoms with Crippen molar-refractivity contribution in [1.82, 2.24) is 20.1 Å². The lowest BCUT2D eigenvalue weighted by Crippen LogP contribution is -2.41. The van der Waals surface area contributed by atoms with E-state index < -0.39 is 0 Å². The van der Waals surface area contributed by atoms with E-state index in [2.05, 4.69) is 27.5 Å². The van der Waals surface area contributed by atoms with Crippen molar-refractivity contribution in [1.29, 1.82) is 0 Å². The Bertz CT molecular complexity index is 864. The number of para-hydroxylation sites is 1. The van der Waals surface area contributed by atoms with Crippen molar-refractivity contribution in [3.63, 3.8) is 0 Å². The number of benzene rings is 2. The van der Waals surface area contributed by atoms with E-state index in [9.17, 15) is 4.79 Å². The maximum absolute atomic E-state index is 12.5. The Morgan fingerprint density at radius 1 is 0.962 bits per heavy atom. The van der Waals surface area contributed by atoms with E-state index in [4.69, 9.17) is 0 Å². The van der Waals surface area contributed by atoms with Gasteiger partial charge in [-0.2, -0.15) is 0 Å². The van der Waals surface area contributed by atoms with Gasteiger partial charge in [0, 0.05) is 12.0 Å². The first-order chi connectivity index (χ1) is 12.4. The van der Waals surface area contributed by atoms with Crippen molar-refractivity contribution in [2.45, 2.75) is 39.2 Å². The molecule has 0 spiro atoms. The van der Waals surface area contributed by atoms with Gasteiger partial charge in [-0.05, 0) is 44.9 Å². The van der Waals surface area contributed by atoms with Gasteiger partial charge in [0.25, 0.3) is 5.91 Å². The first-order valence-electron chi connectivity index (χ1n) is 8.80. The lowest BCUT2D eigenvalue weighted by atomic mass is 10.1. The molecule has 1 aromatic heterocycles. The van der Waals surface area contributed by atoms with Gasteiger partial charge in [0.1, 0.15) is 5.82 Å². The van der Waals surface area contributed by atoms with Gasteiger partial charge in [0.2, 0.25) is 5.82 Å². The van der Waals surface area contributed by atoms with E-state index in [1.54, 1.807) is 4.68 Å². The normalized spacial score (nSPS) is 11.3. The van der Waals surface area contributed by atoms with Crippen LogP contribution in [0.1, 0.15) is 42.8 Å². The zero-order valence-electron chi connectivity index (χ0n) is 15.4. The number of hydrogen-bond donors (Lipinski definition) is 1. The topological polar surface area (TPSA) is 59.8 Å². The molecule has 26 heavy (non-hydrogen) atoms. The van der Waals surface area contributed by atoms with Gasteiger partial charge in [0.05, 0.1) is 5.69 Å². The molecule has 0 bridgehead atoms. The van der Waals surface area contributed by atoms with Crippen molar-refractivity contribution >= 4 is 5.91 Å². The minimum atomic E-state index is -0.334. The molecule has 0 atom stereocenters. The van der Waals surface area contributed by atoms with Crippen LogP contribution in [0.5, 0.6) is 0 Å². The second-order valence-corrected chi connectivity index (χ2v) is 7.29. The van der Waals surface area contributed by atoms with Crippen LogP contribution in [0.15, 0.2) is 60.7 Å². The molecule has 0 radical (unpaired) electrons. The van der Waals surface area contributed by atoms with Crippen molar-refractivity contribution in [2.75, 3.05) is 0 Å². The molecular weight excluding hydrogens is 324 g/mol. The van der Waals surface area contributed by atoms with Crippen molar-refractivity contribution in [3.8, 4) is 5.69 Å². The monoisotopic (exact) mass is 348 g/mol. The van der Waals surface area contributed by atoms with Crippen LogP contribution in [0.4, 0.5) is 0 Å². The average Bonchev–Trinajstić information content (AvgIpc) is 3.05. The second kappa shape index (κ2) is 7.52. The number of aromatic nitrogens is 3. The highest BCUT2D eigenvalue weighted by atomic mass is 16.2. The average molecular weight is 348 g/mol. The second-order valence-electron chi connectivity index (χ2n) is 7.29. The third-order valence-electron chi connectivity index (χ3n) is 3.85. The van der Waals surface area contributed by atoms with E-state index in [1.807, 2.05) is 69.3 Å². The molecule has 0 fully saturated rings. The third kappa shape index (κ3) is 4.57. The van der Waals surface area contributed by atoms with Crippen LogP contribution in [0, 0.1) is 0 Å². The summed E-state index contributed by atoms with van der Waals surface area (Å²) in [5.41, 5.74) is 1.80. The van der Waals surface area contributed by atoms with Crippen LogP contribution in [0.3, 0.4) is 0 Å². The summed E-state index contributed by atoms with van der Waals surface area (Å²) in [5, 5.41) is 7.39. The molecule has 1 heterocycles. The summed E-state index contributed by atoms with van der Waals surface area (Å²) in [4.78, 5) is 17.0. The molecule has 2 aromatic carbocycles. The fraction of sp³-hybridized carbons (Fsp3) is 0.286. The Balaban J connectivity index is 1.89. The van der Waals surface area contributed by atoms with Gasteiger partial charge in [-0.25, -0.2) is 9.67 Å². The standard InChI is InChI=1S/C21H24N4O/c1-21(2,3)23-20(26)19-22-18(15-14-16-10-6-4-7-11-16)25(24-19)17-12-8-5-9-13-17/h4-13H,14-15H2,1-3H3,(H,23,26). The summed E-state index contributed by atoms with van der Waals surface area (Å²) in [6.45, 7) is 5.82. The molecular formula is C21H24N4O. The van der Waals surface area contributed by atoms with E-state index in [1.165, 1.54) is 5.56 Å². The summed E-state index contributed by atoms with van der Waals surface area (Å²) >= 11 is 0. The third-order valence-corrected chi connectivity index (χ3v) is 3.85. The molecule has 1 amide bonds. The molecule has 0 saturated heterocycles. The number of amides is 1. The SMILES string of the molecule is CC(C)(C)NC(=O)c1nc(CCc2ccccc2)n(-c2ccccc2)n1. The first-order valence-corrected chi connectivity index (χ1v) is 8.80. The van der Waals surface area contributed by atoms with Gasteiger partial charge in [-0.3, -0.25) is 4.79 Å². The number of rotatable bonds is 5. The lowest BCUT2D eigenvalue weighted by molar-refractivity contribution is 0.0909. The molecule has 0 saturated carbocycles. The number of hydrogen-bond acceptors (Lipinski definition) is 3. The molecule has 5 heteroatoms. The zero-order chi connectivity index (χ0) is 18.6. The maximum Gasteiger partial charge on any atom is 0.291 e. The summed E-state index contributed by atoms with van der Waals surface area (Å²) in [6.07, 6.45) is 1.54. The van der Waals surface area contributed by atoms with Crippen molar-refractivity contribution in [2.24, 2.45) is 0 Å². The Hall–Kier alpha value is -2.95. The summed E-state index contributed by atoms with van der Waals surface area (Å²) < 4.78 is 1.76. The largest absolute Gasteiger partial charge is 0.345 e. The highest BCUT2D eigenvalue weighted by Crippen LogP contribution is 2.13. The van der Waals surface area contributed by atoms with Crippen LogP contribution in [0.25, 0.3) is 5.69 Å². The minimum Gasteiger partial charge on any atom is -0.345 e. The number of carbonyl (C=O) groups excluding carboxylic acids is 1. The first kappa shape index (κ1) is 17.9. The van der Waals surface area contributed by atoms with E-state index >= 15 is 0 Å². The van der Waals surface area contributed by atoms with Gasteiger partial charge >= 0.3 is 0 Å². The summed E-state index contributed by atoms with van der Waals surface area (Å²) in [7, 11) is 0. The molecule has 5 nitrogen and oxygen atoms in total. The van der Waals surface area contributed by atoms with E-state index in [-0.39, 0.29) is 17.3 Å². The zero-order valence-corrected chi connectivity index (χ0v) is 15.4. The van der Waals surface area contributed by atoms with Crippen LogP contribution in [-0.2, 0) is 12.8 Å². The van der Waals surface area contributed by atoms with E-state index in [0.29, 0.717) is 6.42 Å². The van der Waals surface area contributed by atoms with Gasteiger partial charge in [0.15, 0.2) is 0 Å². The van der Waals surface area contributed by atoms with Crippen LogP contribution in [-0.4, -0.2) is 26.2 Å². The summed E-state index contributed by atoms with van der Waals surface area (Å²) in [5.74, 6) is 0.721. The van der Waals surface area contributed by atoms with Crippen LogP contribution in [0.2, 0.25) is 0 Å². The molecule has 1 N–H and O–H groups in total. The molecule has 0 aliphatic rings. The molecule has 134 valence electrons. The predicted molar refractivity (Wildman–Crippen MR) is 102 cm³/mol. The van der Waals surface area contributed by atoms with Crippen LogP contribution >= 0.6 is 0 Å². The molecule has 0 aliphatic heterocycles. The van der Waals surface area contributed by atoms with Gasteiger partial charge in [-0.15, -0.1) is 5.10 Å². The Morgan fingerprint density at radius 3 is 2.19 bits per heavy atom. The number of aryl methyl sites for hydroxylation is 2. The Kier molecular flexibility index (Phi) is 5.16. The van der Waals surface area contributed by atoms with Crippen molar-refractivity contribution in [3.05, 3.63) is 77.9 Å². The molecule has 0 aliphatic carbocycles. The maximum atomic E-state index is 12.5. The minimum absolute atomic E-state index is 0.201. The fourth-order valence-corrected chi connectivity index (χ4v) is 2.68. The fourth-order valence-electron chi connectivity index (χ4n) is 2.68. The quantitative estimate of drug-likeness (QED) is 0.767. The predicted octanol–water partition coefficient (Wildman–Crippen LogP) is 3.58. The number of nitrogens with one attached hydrogen (secondary N) is 1. The highest BCUT2D eigenvalue weighted by molar-refractivity contribution is 5.90. The summed E-state index contributed by atoms with van der Waals surface area (Å²) in [6, 6.07) is 20.0. The molecule has 3 rings (SSSR count). The lowest BCUT2D eigenvalue weighted by Gasteiger charge is -2.18. The Labute approximate surface area is 154 Å². The van der Waals surface area contributed by atoms with E-state index in [0.717, 1.165) is 17.9 Å². The van der Waals surface area contributed by atoms with Gasteiger partial charge < -0.3 is 5.32 Å². The number of carbonyl (C=O) groups is 1. The number of nitrogens with zero attached hydrogens (tertiary/aromatic N) is 3. The van der Waals surface area contributed by atoms with Crippen molar-refractivity contribution < 1.29 is 4.79 Å². The molecule has 3 aromatic rings.